The maximum atomic E-state index is 6.23. The second kappa shape index (κ2) is 7.14. The van der Waals surface area contributed by atoms with Crippen molar-refractivity contribution < 1.29 is 0 Å². The van der Waals surface area contributed by atoms with Crippen molar-refractivity contribution in [1.82, 2.24) is 10.2 Å². The zero-order chi connectivity index (χ0) is 13.8. The summed E-state index contributed by atoms with van der Waals surface area (Å²) in [6.07, 6.45) is 2.66. The molecule has 1 aromatic rings. The van der Waals surface area contributed by atoms with E-state index < -0.39 is 0 Å². The minimum absolute atomic E-state index is 0.171. The molecule has 2 rings (SSSR count). The first kappa shape index (κ1) is 15.4. The van der Waals surface area contributed by atoms with Crippen molar-refractivity contribution in [3.8, 4) is 0 Å². The first-order valence-corrected chi connectivity index (χ1v) is 7.82. The van der Waals surface area contributed by atoms with Gasteiger partial charge in [-0.05, 0) is 44.5 Å². The van der Waals surface area contributed by atoms with Crippen LogP contribution in [0.3, 0.4) is 0 Å². The lowest BCUT2D eigenvalue weighted by Gasteiger charge is -2.20. The van der Waals surface area contributed by atoms with Gasteiger partial charge in [-0.15, -0.1) is 0 Å². The standard InChI is InChI=1S/C14H19Cl3N2/c1-10(18-6-9-19-7-2-3-8-19)11-4-5-12(15)14(17)13(11)16/h4-5,10,18H,2-3,6-9H2,1H3. The lowest BCUT2D eigenvalue weighted by molar-refractivity contribution is 0.330. The van der Waals surface area contributed by atoms with Crippen molar-refractivity contribution in [3.05, 3.63) is 32.8 Å². The molecule has 1 saturated heterocycles. The second-order valence-corrected chi connectivity index (χ2v) is 6.15. The molecule has 2 nitrogen and oxygen atoms in total. The van der Waals surface area contributed by atoms with Crippen LogP contribution in [0.2, 0.25) is 15.1 Å². The molecule has 1 atom stereocenters. The van der Waals surface area contributed by atoms with Crippen LogP contribution in [0.15, 0.2) is 12.1 Å². The van der Waals surface area contributed by atoms with E-state index in [1.807, 2.05) is 6.07 Å². The van der Waals surface area contributed by atoms with E-state index in [1.165, 1.54) is 25.9 Å². The molecule has 1 heterocycles. The van der Waals surface area contributed by atoms with Crippen LogP contribution in [0.25, 0.3) is 0 Å². The van der Waals surface area contributed by atoms with E-state index in [0.29, 0.717) is 15.1 Å². The number of benzene rings is 1. The fourth-order valence-corrected chi connectivity index (χ4v) is 3.14. The Hall–Kier alpha value is 0.01000. The Morgan fingerprint density at radius 1 is 1.16 bits per heavy atom. The number of nitrogens with one attached hydrogen (secondary N) is 1. The second-order valence-electron chi connectivity index (χ2n) is 4.99. The summed E-state index contributed by atoms with van der Waals surface area (Å²) in [6, 6.07) is 3.90. The van der Waals surface area contributed by atoms with Gasteiger partial charge in [0.15, 0.2) is 0 Å². The summed E-state index contributed by atoms with van der Waals surface area (Å²) in [5, 5.41) is 4.98. The third-order valence-corrected chi connectivity index (χ3v) is 4.92. The first-order chi connectivity index (χ1) is 9.09. The zero-order valence-electron chi connectivity index (χ0n) is 11.1. The smallest absolute Gasteiger partial charge is 0.0781 e. The van der Waals surface area contributed by atoms with Crippen molar-refractivity contribution >= 4 is 34.8 Å². The SMILES string of the molecule is CC(NCCN1CCCC1)c1ccc(Cl)c(Cl)c1Cl. The van der Waals surface area contributed by atoms with Crippen molar-refractivity contribution in [2.45, 2.75) is 25.8 Å². The van der Waals surface area contributed by atoms with E-state index in [4.69, 9.17) is 34.8 Å². The maximum absolute atomic E-state index is 6.23. The number of rotatable bonds is 5. The lowest BCUT2D eigenvalue weighted by Crippen LogP contribution is -2.31. The summed E-state index contributed by atoms with van der Waals surface area (Å²) >= 11 is 18.2. The monoisotopic (exact) mass is 320 g/mol. The van der Waals surface area contributed by atoms with Gasteiger partial charge in [0, 0.05) is 19.1 Å². The molecule has 0 radical (unpaired) electrons. The fourth-order valence-electron chi connectivity index (χ4n) is 2.43. The van der Waals surface area contributed by atoms with Gasteiger partial charge in [-0.2, -0.15) is 0 Å². The molecule has 0 bridgehead atoms. The largest absolute Gasteiger partial charge is 0.309 e. The first-order valence-electron chi connectivity index (χ1n) is 6.68. The van der Waals surface area contributed by atoms with E-state index >= 15 is 0 Å². The topological polar surface area (TPSA) is 15.3 Å². The van der Waals surface area contributed by atoms with Crippen molar-refractivity contribution in [3.63, 3.8) is 0 Å². The molecule has 0 spiro atoms. The Balaban J connectivity index is 1.88. The van der Waals surface area contributed by atoms with Gasteiger partial charge >= 0.3 is 0 Å². The molecule has 0 saturated carbocycles. The fraction of sp³-hybridized carbons (Fsp3) is 0.571. The van der Waals surface area contributed by atoms with E-state index in [-0.39, 0.29) is 6.04 Å². The van der Waals surface area contributed by atoms with E-state index in [2.05, 4.69) is 17.1 Å². The zero-order valence-corrected chi connectivity index (χ0v) is 13.3. The van der Waals surface area contributed by atoms with Crippen molar-refractivity contribution in [2.24, 2.45) is 0 Å². The summed E-state index contributed by atoms with van der Waals surface area (Å²) < 4.78 is 0. The predicted molar refractivity (Wildman–Crippen MR) is 83.6 cm³/mol. The van der Waals surface area contributed by atoms with Gasteiger partial charge in [0.05, 0.1) is 15.1 Å². The van der Waals surface area contributed by atoms with Gasteiger partial charge in [-0.25, -0.2) is 0 Å². The Kier molecular flexibility index (Phi) is 5.79. The Morgan fingerprint density at radius 2 is 1.84 bits per heavy atom. The van der Waals surface area contributed by atoms with Crippen LogP contribution >= 0.6 is 34.8 Å². The van der Waals surface area contributed by atoms with Gasteiger partial charge < -0.3 is 10.2 Å². The molecule has 19 heavy (non-hydrogen) atoms. The molecule has 0 aromatic heterocycles. The van der Waals surface area contributed by atoms with Crippen LogP contribution in [-0.4, -0.2) is 31.1 Å². The molecule has 106 valence electrons. The van der Waals surface area contributed by atoms with Crippen molar-refractivity contribution in [1.29, 1.82) is 0 Å². The summed E-state index contributed by atoms with van der Waals surface area (Å²) in [5.74, 6) is 0. The summed E-state index contributed by atoms with van der Waals surface area (Å²) in [5.41, 5.74) is 0.998. The van der Waals surface area contributed by atoms with Gasteiger partial charge in [-0.1, -0.05) is 40.9 Å². The molecule has 1 aliphatic rings. The average molecular weight is 322 g/mol. The molecule has 1 aliphatic heterocycles. The third kappa shape index (κ3) is 3.99. The highest BCUT2D eigenvalue weighted by Gasteiger charge is 2.15. The number of likely N-dealkylation sites (tertiary alicyclic amines) is 1. The molecular formula is C14H19Cl3N2. The van der Waals surface area contributed by atoms with E-state index in [1.54, 1.807) is 6.07 Å². The third-order valence-electron chi connectivity index (χ3n) is 3.61. The van der Waals surface area contributed by atoms with Crippen LogP contribution in [0.5, 0.6) is 0 Å². The number of nitrogens with zero attached hydrogens (tertiary/aromatic N) is 1. The molecular weight excluding hydrogens is 303 g/mol. The quantitative estimate of drug-likeness (QED) is 0.809. The van der Waals surface area contributed by atoms with Crippen LogP contribution in [-0.2, 0) is 0 Å². The maximum Gasteiger partial charge on any atom is 0.0781 e. The lowest BCUT2D eigenvalue weighted by atomic mass is 10.1. The number of hydrogen-bond donors (Lipinski definition) is 1. The van der Waals surface area contributed by atoms with Gasteiger partial charge in [-0.3, -0.25) is 0 Å². The minimum atomic E-state index is 0.171. The molecule has 1 fully saturated rings. The van der Waals surface area contributed by atoms with Gasteiger partial charge in [0.25, 0.3) is 0 Å². The molecule has 1 aromatic carbocycles. The normalized spacial score (nSPS) is 17.9. The van der Waals surface area contributed by atoms with Crippen LogP contribution < -0.4 is 5.32 Å². The number of halogens is 3. The van der Waals surface area contributed by atoms with Crippen LogP contribution in [0.4, 0.5) is 0 Å². The van der Waals surface area contributed by atoms with E-state index in [0.717, 1.165) is 18.7 Å². The van der Waals surface area contributed by atoms with Crippen LogP contribution in [0.1, 0.15) is 31.4 Å². The highest BCUT2D eigenvalue weighted by Crippen LogP contribution is 2.35. The number of hydrogen-bond acceptors (Lipinski definition) is 2. The molecule has 5 heteroatoms. The van der Waals surface area contributed by atoms with Crippen molar-refractivity contribution in [2.75, 3.05) is 26.2 Å². The summed E-state index contributed by atoms with van der Waals surface area (Å²) in [6.45, 7) is 6.59. The average Bonchev–Trinajstić information content (AvgIpc) is 2.89. The summed E-state index contributed by atoms with van der Waals surface area (Å²) in [7, 11) is 0. The van der Waals surface area contributed by atoms with Gasteiger partial charge in [0.1, 0.15) is 0 Å². The predicted octanol–water partition coefficient (Wildman–Crippen LogP) is 4.39. The van der Waals surface area contributed by atoms with E-state index in [9.17, 15) is 0 Å². The minimum Gasteiger partial charge on any atom is -0.309 e. The Bertz CT molecular complexity index is 431. The van der Waals surface area contributed by atoms with Crippen LogP contribution in [0, 0.1) is 0 Å². The molecule has 0 amide bonds. The van der Waals surface area contributed by atoms with Gasteiger partial charge in [0.2, 0.25) is 0 Å². The molecule has 1 unspecified atom stereocenters. The molecule has 0 aliphatic carbocycles. The summed E-state index contributed by atoms with van der Waals surface area (Å²) in [4.78, 5) is 2.48. The Labute approximate surface area is 130 Å². The highest BCUT2D eigenvalue weighted by molar-refractivity contribution is 6.48. The highest BCUT2D eigenvalue weighted by atomic mass is 35.5. The molecule has 1 N–H and O–H groups in total. The Morgan fingerprint density at radius 3 is 2.53 bits per heavy atom.